The monoisotopic (exact) mass is 257 g/mol. The number of nitrogens with zero attached hydrogens (tertiary/aromatic N) is 1. The van der Waals surface area contributed by atoms with Gasteiger partial charge in [-0.3, -0.25) is 4.79 Å². The summed E-state index contributed by atoms with van der Waals surface area (Å²) in [4.78, 5) is 13.0. The van der Waals surface area contributed by atoms with E-state index in [1.54, 1.807) is 12.1 Å². The Bertz CT molecular complexity index is 581. The highest BCUT2D eigenvalue weighted by atomic mass is 19.1. The molecule has 0 heterocycles. The minimum Gasteiger partial charge on any atom is -0.368 e. The lowest BCUT2D eigenvalue weighted by atomic mass is 10.1. The van der Waals surface area contributed by atoms with Crippen LogP contribution >= 0.6 is 0 Å². The van der Waals surface area contributed by atoms with Crippen molar-refractivity contribution in [3.8, 4) is 0 Å². The van der Waals surface area contributed by atoms with E-state index in [9.17, 15) is 9.18 Å². The number of ketones is 1. The van der Waals surface area contributed by atoms with Gasteiger partial charge in [0.15, 0.2) is 5.78 Å². The minimum atomic E-state index is -0.369. The van der Waals surface area contributed by atoms with Gasteiger partial charge in [-0.25, -0.2) is 4.39 Å². The molecule has 0 saturated heterocycles. The Morgan fingerprint density at radius 1 is 1.16 bits per heavy atom. The van der Waals surface area contributed by atoms with E-state index in [0.717, 1.165) is 5.56 Å². The van der Waals surface area contributed by atoms with Crippen molar-refractivity contribution in [3.05, 3.63) is 65.5 Å². The second-order valence-electron chi connectivity index (χ2n) is 4.56. The van der Waals surface area contributed by atoms with Crippen LogP contribution in [0.25, 0.3) is 0 Å². The molecule has 0 amide bonds. The molecule has 3 heteroatoms. The zero-order valence-electron chi connectivity index (χ0n) is 11.1. The third kappa shape index (κ3) is 3.19. The number of halogens is 1. The lowest BCUT2D eigenvalue weighted by molar-refractivity contribution is 0.101. The standard InChI is InChI=1S/C16H16FNO/c1-12(19)14-8-9-16(15(17)10-14)18(2)11-13-6-4-3-5-7-13/h3-10H,11H2,1-2H3. The molecular weight excluding hydrogens is 241 g/mol. The molecule has 0 saturated carbocycles. The summed E-state index contributed by atoms with van der Waals surface area (Å²) in [7, 11) is 1.83. The molecule has 0 radical (unpaired) electrons. The van der Waals surface area contributed by atoms with Crippen LogP contribution in [0.4, 0.5) is 10.1 Å². The predicted molar refractivity (Wildman–Crippen MR) is 75.0 cm³/mol. The first-order valence-corrected chi connectivity index (χ1v) is 6.13. The molecule has 0 aliphatic carbocycles. The van der Waals surface area contributed by atoms with Gasteiger partial charge in [-0.15, -0.1) is 0 Å². The number of carbonyl (C=O) groups is 1. The number of Topliss-reactive ketones (excluding diaryl/α,β-unsaturated/α-hetero) is 1. The van der Waals surface area contributed by atoms with Gasteiger partial charge in [0.2, 0.25) is 0 Å². The van der Waals surface area contributed by atoms with Gasteiger partial charge in [0.05, 0.1) is 5.69 Å². The van der Waals surface area contributed by atoms with Crippen molar-refractivity contribution in [1.82, 2.24) is 0 Å². The summed E-state index contributed by atoms with van der Waals surface area (Å²) in [5.74, 6) is -0.498. The van der Waals surface area contributed by atoms with Crippen LogP contribution in [-0.2, 0) is 6.54 Å². The minimum absolute atomic E-state index is 0.129. The van der Waals surface area contributed by atoms with Crippen LogP contribution in [0.15, 0.2) is 48.5 Å². The highest BCUT2D eigenvalue weighted by Gasteiger charge is 2.10. The second-order valence-corrected chi connectivity index (χ2v) is 4.56. The van der Waals surface area contributed by atoms with E-state index in [4.69, 9.17) is 0 Å². The quantitative estimate of drug-likeness (QED) is 0.779. The van der Waals surface area contributed by atoms with E-state index >= 15 is 0 Å². The van der Waals surface area contributed by atoms with Crippen LogP contribution in [0.1, 0.15) is 22.8 Å². The van der Waals surface area contributed by atoms with Gasteiger partial charge in [0.25, 0.3) is 0 Å². The van der Waals surface area contributed by atoms with E-state index in [1.165, 1.54) is 13.0 Å². The number of anilines is 1. The van der Waals surface area contributed by atoms with Crippen molar-refractivity contribution in [2.75, 3.05) is 11.9 Å². The van der Waals surface area contributed by atoms with Crippen LogP contribution in [0.3, 0.4) is 0 Å². The van der Waals surface area contributed by atoms with Crippen LogP contribution in [0.5, 0.6) is 0 Å². The van der Waals surface area contributed by atoms with E-state index in [2.05, 4.69) is 0 Å². The van der Waals surface area contributed by atoms with Gasteiger partial charge in [-0.05, 0) is 30.7 Å². The molecule has 0 unspecified atom stereocenters. The predicted octanol–water partition coefficient (Wildman–Crippen LogP) is 3.66. The molecule has 2 nitrogen and oxygen atoms in total. The Kier molecular flexibility index (Phi) is 3.95. The van der Waals surface area contributed by atoms with Crippen molar-refractivity contribution in [2.24, 2.45) is 0 Å². The van der Waals surface area contributed by atoms with Crippen molar-refractivity contribution >= 4 is 11.5 Å². The number of rotatable bonds is 4. The first-order chi connectivity index (χ1) is 9.08. The number of hydrogen-bond donors (Lipinski definition) is 0. The van der Waals surface area contributed by atoms with E-state index in [-0.39, 0.29) is 11.6 Å². The maximum atomic E-state index is 14.0. The van der Waals surface area contributed by atoms with Gasteiger partial charge in [-0.1, -0.05) is 30.3 Å². The Hall–Kier alpha value is -2.16. The normalized spacial score (nSPS) is 10.3. The van der Waals surface area contributed by atoms with Crippen molar-refractivity contribution in [3.63, 3.8) is 0 Å². The fraction of sp³-hybridized carbons (Fsp3) is 0.188. The van der Waals surface area contributed by atoms with E-state index in [1.807, 2.05) is 42.3 Å². The molecule has 19 heavy (non-hydrogen) atoms. The summed E-state index contributed by atoms with van der Waals surface area (Å²) >= 11 is 0. The molecule has 0 bridgehead atoms. The largest absolute Gasteiger partial charge is 0.368 e. The Morgan fingerprint density at radius 3 is 2.42 bits per heavy atom. The summed E-state index contributed by atoms with van der Waals surface area (Å²) in [6.07, 6.45) is 0. The Labute approximate surface area is 112 Å². The molecule has 0 fully saturated rings. The average Bonchev–Trinajstić information content (AvgIpc) is 2.39. The molecule has 2 rings (SSSR count). The lowest BCUT2D eigenvalue weighted by Gasteiger charge is -2.20. The summed E-state index contributed by atoms with van der Waals surface area (Å²) < 4.78 is 14.0. The summed E-state index contributed by atoms with van der Waals surface area (Å²) in [6.45, 7) is 2.05. The van der Waals surface area contributed by atoms with E-state index < -0.39 is 0 Å². The number of hydrogen-bond acceptors (Lipinski definition) is 2. The number of carbonyl (C=O) groups excluding carboxylic acids is 1. The first-order valence-electron chi connectivity index (χ1n) is 6.13. The molecule has 0 aliphatic rings. The van der Waals surface area contributed by atoms with Crippen molar-refractivity contribution < 1.29 is 9.18 Å². The Balaban J connectivity index is 2.20. The highest BCUT2D eigenvalue weighted by Crippen LogP contribution is 2.21. The molecule has 2 aromatic rings. The fourth-order valence-corrected chi connectivity index (χ4v) is 1.98. The first kappa shape index (κ1) is 13.3. The average molecular weight is 257 g/mol. The van der Waals surface area contributed by atoms with Crippen LogP contribution < -0.4 is 4.90 Å². The molecule has 2 aromatic carbocycles. The molecule has 0 aliphatic heterocycles. The molecule has 0 atom stereocenters. The van der Waals surface area contributed by atoms with Gasteiger partial charge >= 0.3 is 0 Å². The molecular formula is C16H16FNO. The molecule has 98 valence electrons. The topological polar surface area (TPSA) is 20.3 Å². The zero-order valence-corrected chi connectivity index (χ0v) is 11.1. The molecule has 0 N–H and O–H groups in total. The third-order valence-corrected chi connectivity index (χ3v) is 3.03. The smallest absolute Gasteiger partial charge is 0.159 e. The fourth-order valence-electron chi connectivity index (χ4n) is 1.98. The second kappa shape index (κ2) is 5.65. The summed E-state index contributed by atoms with van der Waals surface area (Å²) in [6, 6.07) is 14.5. The van der Waals surface area contributed by atoms with Crippen LogP contribution in [0, 0.1) is 5.82 Å². The number of benzene rings is 2. The van der Waals surface area contributed by atoms with Gasteiger partial charge < -0.3 is 4.90 Å². The Morgan fingerprint density at radius 2 is 1.84 bits per heavy atom. The summed E-state index contributed by atoms with van der Waals surface area (Å²) in [5.41, 5.74) is 2.00. The highest BCUT2D eigenvalue weighted by molar-refractivity contribution is 5.94. The van der Waals surface area contributed by atoms with Crippen molar-refractivity contribution in [1.29, 1.82) is 0 Å². The van der Waals surface area contributed by atoms with Crippen molar-refractivity contribution in [2.45, 2.75) is 13.5 Å². The summed E-state index contributed by atoms with van der Waals surface area (Å²) in [5, 5.41) is 0. The van der Waals surface area contributed by atoms with Gasteiger partial charge in [0, 0.05) is 19.2 Å². The SMILES string of the molecule is CC(=O)c1ccc(N(C)Cc2ccccc2)c(F)c1. The lowest BCUT2D eigenvalue weighted by Crippen LogP contribution is -2.17. The van der Waals surface area contributed by atoms with Crippen LogP contribution in [-0.4, -0.2) is 12.8 Å². The van der Waals surface area contributed by atoms with E-state index in [0.29, 0.717) is 17.8 Å². The maximum Gasteiger partial charge on any atom is 0.159 e. The van der Waals surface area contributed by atoms with Gasteiger partial charge in [0.1, 0.15) is 5.82 Å². The third-order valence-electron chi connectivity index (χ3n) is 3.03. The zero-order chi connectivity index (χ0) is 13.8. The van der Waals surface area contributed by atoms with Gasteiger partial charge in [-0.2, -0.15) is 0 Å². The van der Waals surface area contributed by atoms with Crippen LogP contribution in [0.2, 0.25) is 0 Å². The molecule has 0 spiro atoms. The maximum absolute atomic E-state index is 14.0. The molecule has 0 aromatic heterocycles.